The third kappa shape index (κ3) is 8.14. The normalized spacial score (nSPS) is 12.5. The molecule has 0 aliphatic heterocycles. The number of nitriles is 1. The average Bonchev–Trinajstić information content (AvgIpc) is 2.21. The highest BCUT2D eigenvalue weighted by atomic mass is 16.1. The second kappa shape index (κ2) is 8.43. The molecule has 0 saturated carbocycles. The number of ketones is 1. The van der Waals surface area contributed by atoms with Gasteiger partial charge in [-0.3, -0.25) is 0 Å². The van der Waals surface area contributed by atoms with Gasteiger partial charge in [-0.25, -0.2) is 0 Å². The zero-order valence-electron chi connectivity index (χ0n) is 10.1. The molecule has 0 fully saturated rings. The molecule has 86 valence electrons. The third-order valence-corrected chi connectivity index (χ3v) is 2.45. The van der Waals surface area contributed by atoms with Crippen molar-refractivity contribution in [3.05, 3.63) is 0 Å². The quantitative estimate of drug-likeness (QED) is 0.577. The van der Waals surface area contributed by atoms with Gasteiger partial charge in [-0.15, -0.1) is 0 Å². The predicted molar refractivity (Wildman–Crippen MR) is 61.4 cm³/mol. The molecule has 0 radical (unpaired) electrons. The summed E-state index contributed by atoms with van der Waals surface area (Å²) in [6, 6.07) is 2.24. The molecule has 0 aliphatic carbocycles. The third-order valence-electron chi connectivity index (χ3n) is 2.45. The van der Waals surface area contributed by atoms with Crippen molar-refractivity contribution in [2.75, 3.05) is 19.6 Å². The van der Waals surface area contributed by atoms with Gasteiger partial charge in [0.1, 0.15) is 5.78 Å². The SMILES string of the molecule is CCN(CCCCC(C)=O)CC(C)C#N. The van der Waals surface area contributed by atoms with Crippen molar-refractivity contribution in [3.8, 4) is 6.07 Å². The molecule has 0 N–H and O–H groups in total. The van der Waals surface area contributed by atoms with Gasteiger partial charge < -0.3 is 9.69 Å². The molecule has 15 heavy (non-hydrogen) atoms. The molecule has 3 heteroatoms. The lowest BCUT2D eigenvalue weighted by atomic mass is 10.1. The first-order valence-corrected chi connectivity index (χ1v) is 5.71. The fourth-order valence-electron chi connectivity index (χ4n) is 1.52. The molecule has 0 amide bonds. The summed E-state index contributed by atoms with van der Waals surface area (Å²) in [5.41, 5.74) is 0. The average molecular weight is 210 g/mol. The Morgan fingerprint density at radius 3 is 2.60 bits per heavy atom. The highest BCUT2D eigenvalue weighted by Crippen LogP contribution is 2.03. The fourth-order valence-corrected chi connectivity index (χ4v) is 1.52. The number of rotatable bonds is 8. The number of unbranched alkanes of at least 4 members (excludes halogenated alkanes) is 1. The van der Waals surface area contributed by atoms with Gasteiger partial charge in [0.2, 0.25) is 0 Å². The molecule has 0 saturated heterocycles. The minimum absolute atomic E-state index is 0.0951. The maximum Gasteiger partial charge on any atom is 0.129 e. The van der Waals surface area contributed by atoms with Crippen molar-refractivity contribution in [3.63, 3.8) is 0 Å². The summed E-state index contributed by atoms with van der Waals surface area (Å²) in [5.74, 6) is 0.362. The Hall–Kier alpha value is -0.880. The minimum Gasteiger partial charge on any atom is -0.302 e. The number of nitrogens with zero attached hydrogens (tertiary/aromatic N) is 2. The van der Waals surface area contributed by atoms with E-state index < -0.39 is 0 Å². The van der Waals surface area contributed by atoms with E-state index in [4.69, 9.17) is 5.26 Å². The van der Waals surface area contributed by atoms with E-state index in [1.54, 1.807) is 6.92 Å². The summed E-state index contributed by atoms with van der Waals surface area (Å²) >= 11 is 0. The maximum atomic E-state index is 10.7. The molecular weight excluding hydrogens is 188 g/mol. The Morgan fingerprint density at radius 1 is 1.47 bits per heavy atom. The van der Waals surface area contributed by atoms with Crippen molar-refractivity contribution >= 4 is 5.78 Å². The van der Waals surface area contributed by atoms with Gasteiger partial charge in [0.15, 0.2) is 0 Å². The molecular formula is C12H22N2O. The summed E-state index contributed by atoms with van der Waals surface area (Å²) in [6.45, 7) is 8.50. The molecule has 0 aromatic rings. The van der Waals surface area contributed by atoms with Crippen molar-refractivity contribution in [2.45, 2.75) is 40.0 Å². The van der Waals surface area contributed by atoms with Crippen LogP contribution in [0.3, 0.4) is 0 Å². The van der Waals surface area contributed by atoms with Gasteiger partial charge in [0, 0.05) is 13.0 Å². The second-order valence-corrected chi connectivity index (χ2v) is 4.08. The molecule has 0 heterocycles. The first-order valence-electron chi connectivity index (χ1n) is 5.71. The summed E-state index contributed by atoms with van der Waals surface area (Å²) in [7, 11) is 0. The molecule has 0 aromatic heterocycles. The Kier molecular flexibility index (Phi) is 7.94. The fraction of sp³-hybridized carbons (Fsp3) is 0.833. The lowest BCUT2D eigenvalue weighted by Gasteiger charge is -2.21. The zero-order valence-corrected chi connectivity index (χ0v) is 10.1. The number of hydrogen-bond donors (Lipinski definition) is 0. The van der Waals surface area contributed by atoms with E-state index in [9.17, 15) is 4.79 Å². The van der Waals surface area contributed by atoms with Crippen LogP contribution in [0.2, 0.25) is 0 Å². The van der Waals surface area contributed by atoms with Gasteiger partial charge in [0.25, 0.3) is 0 Å². The van der Waals surface area contributed by atoms with Crippen LogP contribution in [-0.2, 0) is 4.79 Å². The zero-order chi connectivity index (χ0) is 11.7. The van der Waals surface area contributed by atoms with Gasteiger partial charge in [-0.05, 0) is 39.8 Å². The summed E-state index contributed by atoms with van der Waals surface area (Å²) < 4.78 is 0. The van der Waals surface area contributed by atoms with Crippen molar-refractivity contribution < 1.29 is 4.79 Å². The summed E-state index contributed by atoms with van der Waals surface area (Å²) in [5, 5.41) is 8.70. The van der Waals surface area contributed by atoms with E-state index in [1.165, 1.54) is 0 Å². The van der Waals surface area contributed by atoms with Crippen LogP contribution < -0.4 is 0 Å². The van der Waals surface area contributed by atoms with Crippen molar-refractivity contribution in [1.82, 2.24) is 4.90 Å². The monoisotopic (exact) mass is 210 g/mol. The predicted octanol–water partition coefficient (Wildman–Crippen LogP) is 2.23. The topological polar surface area (TPSA) is 44.1 Å². The summed E-state index contributed by atoms with van der Waals surface area (Å²) in [6.07, 6.45) is 2.70. The van der Waals surface area contributed by atoms with E-state index in [0.717, 1.165) is 32.5 Å². The van der Waals surface area contributed by atoms with Crippen LogP contribution in [0, 0.1) is 17.2 Å². The standard InChI is InChI=1S/C12H22N2O/c1-4-14(10-11(2)9-13)8-6-5-7-12(3)15/h11H,4-8,10H2,1-3H3. The molecule has 0 aromatic carbocycles. The van der Waals surface area contributed by atoms with E-state index in [0.29, 0.717) is 6.42 Å². The maximum absolute atomic E-state index is 10.7. The number of hydrogen-bond acceptors (Lipinski definition) is 3. The Balaban J connectivity index is 3.62. The smallest absolute Gasteiger partial charge is 0.129 e. The number of carbonyl (C=O) groups is 1. The van der Waals surface area contributed by atoms with Gasteiger partial charge in [0.05, 0.1) is 12.0 Å². The molecule has 1 unspecified atom stereocenters. The number of carbonyl (C=O) groups excluding carboxylic acids is 1. The number of Topliss-reactive ketones (excluding diaryl/α,β-unsaturated/α-hetero) is 1. The molecule has 0 spiro atoms. The van der Waals surface area contributed by atoms with Crippen LogP contribution >= 0.6 is 0 Å². The first kappa shape index (κ1) is 14.1. The Morgan fingerprint density at radius 2 is 2.13 bits per heavy atom. The van der Waals surface area contributed by atoms with E-state index >= 15 is 0 Å². The van der Waals surface area contributed by atoms with Crippen LogP contribution in [0.1, 0.15) is 40.0 Å². The van der Waals surface area contributed by atoms with E-state index in [1.807, 2.05) is 6.92 Å². The molecule has 1 atom stereocenters. The van der Waals surface area contributed by atoms with E-state index in [2.05, 4.69) is 17.9 Å². The Labute approximate surface area is 93.1 Å². The molecule has 0 rings (SSSR count). The van der Waals surface area contributed by atoms with Gasteiger partial charge in [-0.2, -0.15) is 5.26 Å². The van der Waals surface area contributed by atoms with Crippen LogP contribution in [0.25, 0.3) is 0 Å². The molecule has 0 bridgehead atoms. The Bertz CT molecular complexity index is 220. The van der Waals surface area contributed by atoms with Crippen molar-refractivity contribution in [2.24, 2.45) is 5.92 Å². The van der Waals surface area contributed by atoms with Crippen LogP contribution in [0.5, 0.6) is 0 Å². The van der Waals surface area contributed by atoms with Gasteiger partial charge in [-0.1, -0.05) is 6.92 Å². The van der Waals surface area contributed by atoms with Crippen LogP contribution in [0.15, 0.2) is 0 Å². The lowest BCUT2D eigenvalue weighted by molar-refractivity contribution is -0.117. The highest BCUT2D eigenvalue weighted by molar-refractivity contribution is 5.75. The minimum atomic E-state index is 0.0951. The van der Waals surface area contributed by atoms with Crippen LogP contribution in [0.4, 0.5) is 0 Å². The van der Waals surface area contributed by atoms with Crippen LogP contribution in [-0.4, -0.2) is 30.3 Å². The van der Waals surface area contributed by atoms with Crippen molar-refractivity contribution in [1.29, 1.82) is 5.26 Å². The molecule has 3 nitrogen and oxygen atoms in total. The lowest BCUT2D eigenvalue weighted by Crippen LogP contribution is -2.29. The van der Waals surface area contributed by atoms with E-state index in [-0.39, 0.29) is 11.7 Å². The molecule has 0 aliphatic rings. The summed E-state index contributed by atoms with van der Waals surface area (Å²) in [4.78, 5) is 13.0. The van der Waals surface area contributed by atoms with Gasteiger partial charge >= 0.3 is 0 Å². The second-order valence-electron chi connectivity index (χ2n) is 4.08. The first-order chi connectivity index (χ1) is 7.10. The highest BCUT2D eigenvalue weighted by Gasteiger charge is 2.07. The largest absolute Gasteiger partial charge is 0.302 e.